The monoisotopic (exact) mass is 836 g/mol. The zero-order chi connectivity index (χ0) is 43.8. The molecule has 0 bridgehead atoms. The Balaban J connectivity index is 1.25. The molecule has 0 N–H and O–H groups in total. The van der Waals surface area contributed by atoms with Crippen molar-refractivity contribution >= 4 is 68.1 Å². The molecule has 2 aliphatic heterocycles. The highest BCUT2D eigenvalue weighted by molar-refractivity contribution is 6.95. The summed E-state index contributed by atoms with van der Waals surface area (Å²) >= 11 is 0. The lowest BCUT2D eigenvalue weighted by Crippen LogP contribution is -2.61. The Hall–Kier alpha value is -7.56. The first-order valence-corrected chi connectivity index (χ1v) is 23.2. The van der Waals surface area contributed by atoms with Gasteiger partial charge in [-0.25, -0.2) is 0 Å². The van der Waals surface area contributed by atoms with Crippen LogP contribution < -0.4 is 20.6 Å². The highest BCUT2D eigenvalue weighted by Crippen LogP contribution is 2.52. The number of rotatable bonds is 8. The number of unbranched alkanes of at least 4 members (excludes halogenated alkanes) is 1. The van der Waals surface area contributed by atoms with Crippen LogP contribution in [0, 0.1) is 20.8 Å². The summed E-state index contributed by atoms with van der Waals surface area (Å²) in [5, 5.41) is 2.25. The molecule has 0 radical (unpaired) electrons. The van der Waals surface area contributed by atoms with Crippen LogP contribution in [0.15, 0.2) is 192 Å². The van der Waals surface area contributed by atoms with Crippen LogP contribution in [-0.4, -0.2) is 6.85 Å². The van der Waals surface area contributed by atoms with E-state index in [-0.39, 0.29) is 6.85 Å². The van der Waals surface area contributed by atoms with E-state index in [2.05, 4.69) is 225 Å². The van der Waals surface area contributed by atoms with Crippen molar-refractivity contribution in [3.8, 4) is 44.5 Å². The average molecular weight is 837 g/mol. The van der Waals surface area contributed by atoms with Crippen LogP contribution in [0.5, 0.6) is 0 Å². The van der Waals surface area contributed by atoms with Gasteiger partial charge in [0.2, 0.25) is 0 Å². The number of hydrogen-bond donors (Lipinski definition) is 0. The van der Waals surface area contributed by atoms with E-state index in [1.54, 1.807) is 0 Å². The molecule has 3 heterocycles. The summed E-state index contributed by atoms with van der Waals surface area (Å²) in [6.45, 7) is 8.80. The number of furan rings is 1. The number of fused-ring (bicyclic) bond motifs is 8. The molecular weight excluding hydrogens is 787 g/mol. The van der Waals surface area contributed by atoms with Gasteiger partial charge in [-0.05, 0) is 150 Å². The molecular formula is C61H49BN2O. The van der Waals surface area contributed by atoms with Gasteiger partial charge in [-0.15, -0.1) is 0 Å². The maximum atomic E-state index is 7.17. The van der Waals surface area contributed by atoms with Crippen molar-refractivity contribution in [2.45, 2.75) is 47.0 Å². The molecule has 0 aliphatic carbocycles. The Morgan fingerprint density at radius 2 is 1.15 bits per heavy atom. The van der Waals surface area contributed by atoms with E-state index in [0.29, 0.717) is 0 Å². The van der Waals surface area contributed by atoms with Gasteiger partial charge in [-0.3, -0.25) is 0 Å². The third-order valence-corrected chi connectivity index (χ3v) is 13.9. The zero-order valence-electron chi connectivity index (χ0n) is 37.4. The van der Waals surface area contributed by atoms with E-state index in [1.165, 1.54) is 83.6 Å². The molecule has 0 saturated carbocycles. The average Bonchev–Trinajstić information content (AvgIpc) is 3.73. The summed E-state index contributed by atoms with van der Waals surface area (Å²) in [6, 6.07) is 69.9. The van der Waals surface area contributed by atoms with E-state index in [4.69, 9.17) is 4.42 Å². The fourth-order valence-electron chi connectivity index (χ4n) is 11.1. The first-order valence-electron chi connectivity index (χ1n) is 23.2. The molecule has 0 atom stereocenters. The summed E-state index contributed by atoms with van der Waals surface area (Å²) in [5.74, 6) is 0. The molecule has 3 nitrogen and oxygen atoms in total. The van der Waals surface area contributed by atoms with Crippen molar-refractivity contribution in [2.75, 3.05) is 9.71 Å². The lowest BCUT2D eigenvalue weighted by molar-refractivity contribution is 0.671. The predicted molar refractivity (Wildman–Crippen MR) is 277 cm³/mol. The van der Waals surface area contributed by atoms with Crippen molar-refractivity contribution in [1.29, 1.82) is 0 Å². The first-order chi connectivity index (χ1) is 31.9. The van der Waals surface area contributed by atoms with Gasteiger partial charge in [0.15, 0.2) is 0 Å². The van der Waals surface area contributed by atoms with E-state index in [9.17, 15) is 0 Å². The Morgan fingerprint density at radius 3 is 1.91 bits per heavy atom. The van der Waals surface area contributed by atoms with Crippen LogP contribution in [0.2, 0.25) is 0 Å². The quantitative estimate of drug-likeness (QED) is 0.142. The molecule has 0 unspecified atom stereocenters. The first kappa shape index (κ1) is 39.1. The van der Waals surface area contributed by atoms with Crippen LogP contribution in [0.4, 0.5) is 28.4 Å². The second kappa shape index (κ2) is 15.6. The zero-order valence-corrected chi connectivity index (χ0v) is 37.4. The van der Waals surface area contributed by atoms with Gasteiger partial charge in [-0.2, -0.15) is 0 Å². The SMILES string of the molecule is CCCCc1ccc(N2c3cc(-c4c(C)cc(C)cc4C)cc4c3B(c3c2ccc2c3oc3ccccc32)N(c2ccccc2)c2cc(-c3ccccc3)ccc2-4)c(-c2ccccc2)c1. The summed E-state index contributed by atoms with van der Waals surface area (Å²) < 4.78 is 7.17. The molecule has 12 rings (SSSR count). The van der Waals surface area contributed by atoms with Gasteiger partial charge in [0.1, 0.15) is 11.2 Å². The number of anilines is 5. The largest absolute Gasteiger partial charge is 0.456 e. The number of aryl methyl sites for hydroxylation is 4. The normalized spacial score (nSPS) is 12.7. The van der Waals surface area contributed by atoms with E-state index in [1.807, 2.05) is 0 Å². The number of hydrogen-bond acceptors (Lipinski definition) is 3. The van der Waals surface area contributed by atoms with E-state index in [0.717, 1.165) is 63.7 Å². The van der Waals surface area contributed by atoms with Crippen LogP contribution in [-0.2, 0) is 6.42 Å². The molecule has 0 amide bonds. The second-order valence-electron chi connectivity index (χ2n) is 18.1. The third-order valence-electron chi connectivity index (χ3n) is 13.9. The molecule has 10 aromatic rings. The van der Waals surface area contributed by atoms with Gasteiger partial charge in [0.05, 0.1) is 5.69 Å². The maximum Gasteiger partial charge on any atom is 0.336 e. The smallest absolute Gasteiger partial charge is 0.336 e. The second-order valence-corrected chi connectivity index (χ2v) is 18.1. The molecule has 0 fully saturated rings. The molecule has 2 aliphatic rings. The molecule has 4 heteroatoms. The summed E-state index contributed by atoms with van der Waals surface area (Å²) in [7, 11) is 0. The van der Waals surface area contributed by atoms with Gasteiger partial charge < -0.3 is 14.1 Å². The molecule has 0 spiro atoms. The van der Waals surface area contributed by atoms with Crippen LogP contribution in [0.1, 0.15) is 42.0 Å². The Kier molecular flexibility index (Phi) is 9.38. The molecule has 65 heavy (non-hydrogen) atoms. The highest BCUT2D eigenvalue weighted by Gasteiger charge is 2.47. The van der Waals surface area contributed by atoms with Crippen LogP contribution >= 0.6 is 0 Å². The van der Waals surface area contributed by atoms with Crippen molar-refractivity contribution in [3.05, 3.63) is 210 Å². The minimum absolute atomic E-state index is 0.227. The van der Waals surface area contributed by atoms with Gasteiger partial charge >= 0.3 is 6.85 Å². The molecule has 9 aromatic carbocycles. The lowest BCUT2D eigenvalue weighted by Gasteiger charge is -2.46. The van der Waals surface area contributed by atoms with Crippen molar-refractivity contribution < 1.29 is 4.42 Å². The van der Waals surface area contributed by atoms with Crippen LogP contribution in [0.25, 0.3) is 66.4 Å². The molecule has 312 valence electrons. The minimum atomic E-state index is -0.227. The number of benzene rings is 9. The summed E-state index contributed by atoms with van der Waals surface area (Å²) in [4.78, 5) is 5.18. The third kappa shape index (κ3) is 6.34. The number of nitrogens with zero attached hydrogens (tertiary/aromatic N) is 2. The predicted octanol–water partition coefficient (Wildman–Crippen LogP) is 15.6. The number of para-hydroxylation sites is 2. The van der Waals surface area contributed by atoms with Crippen molar-refractivity contribution in [1.82, 2.24) is 0 Å². The summed E-state index contributed by atoms with van der Waals surface area (Å²) in [6.07, 6.45) is 3.34. The fourth-order valence-corrected chi connectivity index (χ4v) is 11.1. The van der Waals surface area contributed by atoms with Gasteiger partial charge in [0, 0.05) is 50.1 Å². The van der Waals surface area contributed by atoms with Crippen molar-refractivity contribution in [2.24, 2.45) is 0 Å². The van der Waals surface area contributed by atoms with Gasteiger partial charge in [0.25, 0.3) is 0 Å². The Morgan fingerprint density at radius 1 is 0.477 bits per heavy atom. The maximum absolute atomic E-state index is 7.17. The Labute approximate surface area is 382 Å². The van der Waals surface area contributed by atoms with Crippen molar-refractivity contribution in [3.63, 3.8) is 0 Å². The topological polar surface area (TPSA) is 19.6 Å². The van der Waals surface area contributed by atoms with Crippen LogP contribution in [0.3, 0.4) is 0 Å². The molecule has 1 aromatic heterocycles. The molecule has 0 saturated heterocycles. The highest BCUT2D eigenvalue weighted by atomic mass is 16.3. The van der Waals surface area contributed by atoms with Gasteiger partial charge in [-0.1, -0.05) is 146 Å². The minimum Gasteiger partial charge on any atom is -0.456 e. The summed E-state index contributed by atoms with van der Waals surface area (Å²) in [5.41, 5.74) is 25.0. The van der Waals surface area contributed by atoms with E-state index >= 15 is 0 Å². The van der Waals surface area contributed by atoms with E-state index < -0.39 is 0 Å². The fraction of sp³-hybridized carbons (Fsp3) is 0.115. The lowest BCUT2D eigenvalue weighted by atomic mass is 9.43. The Bertz CT molecular complexity index is 3440. The standard InChI is InChI=1S/C61H49BN2O/c1-5-6-18-42-27-31-53(51(35-42)44-21-12-8-13-22-44)63-54-32-30-50-49-25-16-17-26-57(49)65-61(50)60(54)62-59-52(36-46(38-56(59)63)58-40(3)33-39(2)34-41(58)4)48-29-28-45(43-19-10-7-11-20-43)37-55(48)64(62)47-23-14-9-15-24-47/h7-17,19-38H,5-6,18H2,1-4H3.